The van der Waals surface area contributed by atoms with Crippen molar-refractivity contribution in [2.24, 2.45) is 0 Å². The van der Waals surface area contributed by atoms with E-state index in [1.807, 2.05) is 6.07 Å². The lowest BCUT2D eigenvalue weighted by Crippen LogP contribution is -2.07. The number of nitrogens with zero attached hydrogens (tertiary/aromatic N) is 2. The van der Waals surface area contributed by atoms with E-state index >= 15 is 0 Å². The van der Waals surface area contributed by atoms with Crippen LogP contribution in [0.15, 0.2) is 29.0 Å². The van der Waals surface area contributed by atoms with Gasteiger partial charge in [0.05, 0.1) is 25.1 Å². The minimum absolute atomic E-state index is 0.133. The van der Waals surface area contributed by atoms with Crippen molar-refractivity contribution in [1.82, 2.24) is 9.55 Å². The number of hydrogen-bond acceptors (Lipinski definition) is 4. The number of carbonyl (C=O) groups excluding carboxylic acids is 1. The molecule has 0 unspecified atom stereocenters. The molecule has 84 valence electrons. The van der Waals surface area contributed by atoms with E-state index in [2.05, 4.69) is 4.98 Å². The summed E-state index contributed by atoms with van der Waals surface area (Å²) in [5.41, 5.74) is 0.483. The molecule has 0 radical (unpaired) electrons. The fourth-order valence-corrected chi connectivity index (χ4v) is 1.52. The predicted molar refractivity (Wildman–Crippen MR) is 56.0 cm³/mol. The SMILES string of the molecule is CC(=O)c1nc(CO)cn1Cc1ccco1. The Bertz CT molecular complexity index is 485. The molecule has 0 aliphatic rings. The zero-order chi connectivity index (χ0) is 11.5. The molecule has 0 bridgehead atoms. The Morgan fingerprint density at radius 1 is 1.62 bits per heavy atom. The molecular weight excluding hydrogens is 208 g/mol. The van der Waals surface area contributed by atoms with Gasteiger partial charge < -0.3 is 14.1 Å². The number of Topliss-reactive ketones (excluding diaryl/α,β-unsaturated/α-hetero) is 1. The standard InChI is InChI=1S/C11H12N2O3/c1-8(15)11-12-9(7-14)5-13(11)6-10-3-2-4-16-10/h2-5,14H,6-7H2,1H3. The lowest BCUT2D eigenvalue weighted by Gasteiger charge is -2.02. The van der Waals surface area contributed by atoms with E-state index in [1.165, 1.54) is 6.92 Å². The van der Waals surface area contributed by atoms with E-state index in [4.69, 9.17) is 9.52 Å². The number of hydrogen-bond donors (Lipinski definition) is 1. The number of imidazole rings is 1. The highest BCUT2D eigenvalue weighted by atomic mass is 16.3. The van der Waals surface area contributed by atoms with E-state index in [0.29, 0.717) is 18.1 Å². The van der Waals surface area contributed by atoms with E-state index in [1.54, 1.807) is 23.1 Å². The fraction of sp³-hybridized carbons (Fsp3) is 0.273. The van der Waals surface area contributed by atoms with Crippen LogP contribution in [-0.2, 0) is 13.2 Å². The maximum absolute atomic E-state index is 11.3. The molecular formula is C11H12N2O3. The quantitative estimate of drug-likeness (QED) is 0.786. The molecule has 2 aromatic rings. The first kappa shape index (κ1) is 10.6. The molecule has 0 fully saturated rings. The maximum atomic E-state index is 11.3. The van der Waals surface area contributed by atoms with Gasteiger partial charge in [0.2, 0.25) is 0 Å². The largest absolute Gasteiger partial charge is 0.467 e. The Morgan fingerprint density at radius 3 is 3.00 bits per heavy atom. The van der Waals surface area contributed by atoms with Gasteiger partial charge in [0, 0.05) is 13.1 Å². The average molecular weight is 220 g/mol. The third-order valence-corrected chi connectivity index (χ3v) is 2.21. The van der Waals surface area contributed by atoms with Crippen molar-refractivity contribution in [3.63, 3.8) is 0 Å². The van der Waals surface area contributed by atoms with Gasteiger partial charge in [-0.05, 0) is 12.1 Å². The van der Waals surface area contributed by atoms with Crippen LogP contribution >= 0.6 is 0 Å². The van der Waals surface area contributed by atoms with Crippen molar-refractivity contribution in [1.29, 1.82) is 0 Å². The Morgan fingerprint density at radius 2 is 2.44 bits per heavy atom. The van der Waals surface area contributed by atoms with Gasteiger partial charge in [-0.2, -0.15) is 0 Å². The molecule has 16 heavy (non-hydrogen) atoms. The van der Waals surface area contributed by atoms with Crippen LogP contribution in [0.2, 0.25) is 0 Å². The first-order valence-electron chi connectivity index (χ1n) is 4.91. The van der Waals surface area contributed by atoms with Crippen LogP contribution in [0.4, 0.5) is 0 Å². The van der Waals surface area contributed by atoms with Gasteiger partial charge in [-0.15, -0.1) is 0 Å². The fourth-order valence-electron chi connectivity index (χ4n) is 1.52. The number of aliphatic hydroxyl groups excluding tert-OH is 1. The molecule has 0 saturated heterocycles. The first-order valence-corrected chi connectivity index (χ1v) is 4.91. The summed E-state index contributed by atoms with van der Waals surface area (Å²) < 4.78 is 6.87. The Hall–Kier alpha value is -1.88. The number of rotatable bonds is 4. The molecule has 0 aliphatic heterocycles. The minimum Gasteiger partial charge on any atom is -0.467 e. The number of furan rings is 1. The molecule has 0 aromatic carbocycles. The molecule has 2 aromatic heterocycles. The summed E-state index contributed by atoms with van der Waals surface area (Å²) in [5, 5.41) is 8.97. The highest BCUT2D eigenvalue weighted by Gasteiger charge is 2.12. The molecule has 2 heterocycles. The van der Waals surface area contributed by atoms with E-state index in [0.717, 1.165) is 5.76 Å². The van der Waals surface area contributed by atoms with Crippen molar-refractivity contribution in [3.8, 4) is 0 Å². The maximum Gasteiger partial charge on any atom is 0.195 e. The molecule has 5 heteroatoms. The van der Waals surface area contributed by atoms with Gasteiger partial charge in [-0.1, -0.05) is 0 Å². The monoisotopic (exact) mass is 220 g/mol. The van der Waals surface area contributed by atoms with Crippen LogP contribution in [0.1, 0.15) is 29.0 Å². The van der Waals surface area contributed by atoms with Gasteiger partial charge in [-0.3, -0.25) is 4.79 Å². The van der Waals surface area contributed by atoms with Gasteiger partial charge >= 0.3 is 0 Å². The van der Waals surface area contributed by atoms with Crippen molar-refractivity contribution >= 4 is 5.78 Å². The molecule has 5 nitrogen and oxygen atoms in total. The summed E-state index contributed by atoms with van der Waals surface area (Å²) in [6.07, 6.45) is 3.23. The summed E-state index contributed by atoms with van der Waals surface area (Å²) in [5.74, 6) is 0.941. The number of ketones is 1. The van der Waals surface area contributed by atoms with Crippen LogP contribution in [0.5, 0.6) is 0 Å². The molecule has 0 atom stereocenters. The second-order valence-electron chi connectivity index (χ2n) is 3.48. The van der Waals surface area contributed by atoms with Gasteiger partial charge in [-0.25, -0.2) is 4.98 Å². The lowest BCUT2D eigenvalue weighted by molar-refractivity contribution is 0.0999. The van der Waals surface area contributed by atoms with Crippen LogP contribution in [0.3, 0.4) is 0 Å². The Balaban J connectivity index is 2.31. The Labute approximate surface area is 92.3 Å². The summed E-state index contributed by atoms with van der Waals surface area (Å²) in [7, 11) is 0. The van der Waals surface area contributed by atoms with Crippen molar-refractivity contribution in [2.45, 2.75) is 20.1 Å². The summed E-state index contributed by atoms with van der Waals surface area (Å²) in [4.78, 5) is 15.4. The smallest absolute Gasteiger partial charge is 0.195 e. The number of carbonyl (C=O) groups is 1. The first-order chi connectivity index (χ1) is 7.70. The second kappa shape index (κ2) is 4.32. The average Bonchev–Trinajstić information content (AvgIpc) is 2.87. The van der Waals surface area contributed by atoms with Crippen LogP contribution in [0, 0.1) is 0 Å². The zero-order valence-electron chi connectivity index (χ0n) is 8.88. The Kier molecular flexibility index (Phi) is 2.87. The predicted octanol–water partition coefficient (Wildman–Crippen LogP) is 1.22. The third kappa shape index (κ3) is 2.04. The molecule has 0 saturated carbocycles. The van der Waals surface area contributed by atoms with Crippen molar-refractivity contribution in [3.05, 3.63) is 41.9 Å². The molecule has 0 amide bonds. The molecule has 1 N–H and O–H groups in total. The van der Waals surface area contributed by atoms with E-state index in [9.17, 15) is 4.79 Å². The van der Waals surface area contributed by atoms with Crippen LogP contribution in [0.25, 0.3) is 0 Å². The summed E-state index contributed by atoms with van der Waals surface area (Å²) >= 11 is 0. The normalized spacial score (nSPS) is 10.6. The number of aromatic nitrogens is 2. The zero-order valence-corrected chi connectivity index (χ0v) is 8.88. The highest BCUT2D eigenvalue weighted by molar-refractivity contribution is 5.90. The lowest BCUT2D eigenvalue weighted by atomic mass is 10.4. The molecule has 0 aliphatic carbocycles. The van der Waals surface area contributed by atoms with Crippen molar-refractivity contribution < 1.29 is 14.3 Å². The summed E-state index contributed by atoms with van der Waals surface area (Å²) in [6.45, 7) is 1.71. The van der Waals surface area contributed by atoms with Gasteiger partial charge in [0.15, 0.2) is 11.6 Å². The second-order valence-corrected chi connectivity index (χ2v) is 3.48. The third-order valence-electron chi connectivity index (χ3n) is 2.21. The molecule has 2 rings (SSSR count). The van der Waals surface area contributed by atoms with Crippen LogP contribution < -0.4 is 0 Å². The number of aliphatic hydroxyl groups is 1. The van der Waals surface area contributed by atoms with Crippen molar-refractivity contribution in [2.75, 3.05) is 0 Å². The topological polar surface area (TPSA) is 68.3 Å². The van der Waals surface area contributed by atoms with Gasteiger partial charge in [0.1, 0.15) is 5.76 Å². The summed E-state index contributed by atoms with van der Waals surface area (Å²) in [6, 6.07) is 3.61. The van der Waals surface area contributed by atoms with Crippen LogP contribution in [-0.4, -0.2) is 20.4 Å². The minimum atomic E-state index is -0.175. The van der Waals surface area contributed by atoms with Gasteiger partial charge in [0.25, 0.3) is 0 Å². The van der Waals surface area contributed by atoms with E-state index in [-0.39, 0.29) is 12.4 Å². The van der Waals surface area contributed by atoms with E-state index < -0.39 is 0 Å². The highest BCUT2D eigenvalue weighted by Crippen LogP contribution is 2.09. The molecule has 0 spiro atoms.